The molecule has 1 aliphatic rings. The van der Waals surface area contributed by atoms with Crippen molar-refractivity contribution in [3.8, 4) is 5.75 Å². The van der Waals surface area contributed by atoms with Crippen molar-refractivity contribution in [3.05, 3.63) is 24.5 Å². The number of aromatic nitrogens is 1. The Bertz CT molecular complexity index is 406. The molecule has 0 aliphatic carbocycles. The lowest BCUT2D eigenvalue weighted by Crippen LogP contribution is -2.56. The van der Waals surface area contributed by atoms with Gasteiger partial charge in [-0.15, -0.1) is 0 Å². The van der Waals surface area contributed by atoms with E-state index in [0.717, 1.165) is 5.75 Å². The van der Waals surface area contributed by atoms with Crippen LogP contribution in [0.5, 0.6) is 5.75 Å². The molecule has 0 atom stereocenters. The Morgan fingerprint density at radius 1 is 1.50 bits per heavy atom. The third-order valence-corrected chi connectivity index (χ3v) is 2.82. The number of amides is 1. The van der Waals surface area contributed by atoms with Gasteiger partial charge >= 0.3 is 0 Å². The molecule has 1 saturated heterocycles. The van der Waals surface area contributed by atoms with E-state index in [1.165, 1.54) is 0 Å². The molecule has 1 aliphatic heterocycles. The molecule has 1 aromatic heterocycles. The maximum atomic E-state index is 11.9. The molecule has 4 heteroatoms. The number of hydrogen-bond acceptors (Lipinski definition) is 3. The van der Waals surface area contributed by atoms with Gasteiger partial charge in [-0.05, 0) is 17.5 Å². The average Bonchev–Trinajstić information content (AvgIpc) is 2.21. The Kier molecular flexibility index (Phi) is 3.55. The molecule has 0 N–H and O–H groups in total. The van der Waals surface area contributed by atoms with Crippen LogP contribution in [0.15, 0.2) is 24.5 Å². The summed E-state index contributed by atoms with van der Waals surface area (Å²) in [5, 5.41) is 0. The van der Waals surface area contributed by atoms with Crippen molar-refractivity contribution in [3.63, 3.8) is 0 Å². The van der Waals surface area contributed by atoms with Crippen molar-refractivity contribution in [1.29, 1.82) is 0 Å². The van der Waals surface area contributed by atoms with Gasteiger partial charge in [0, 0.05) is 12.6 Å². The maximum Gasteiger partial charge on any atom is 0.223 e. The maximum absolute atomic E-state index is 11.9. The first-order valence-corrected chi connectivity index (χ1v) is 6.28. The van der Waals surface area contributed by atoms with E-state index in [0.29, 0.717) is 19.5 Å². The summed E-state index contributed by atoms with van der Waals surface area (Å²) in [7, 11) is 0. The van der Waals surface area contributed by atoms with Crippen LogP contribution in [0, 0.1) is 5.41 Å². The molecule has 0 aromatic carbocycles. The molecule has 18 heavy (non-hydrogen) atoms. The number of pyridine rings is 1. The highest BCUT2D eigenvalue weighted by Crippen LogP contribution is 2.23. The van der Waals surface area contributed by atoms with Crippen molar-refractivity contribution in [2.75, 3.05) is 13.1 Å². The van der Waals surface area contributed by atoms with Gasteiger partial charge in [0.2, 0.25) is 5.91 Å². The number of nitrogens with zero attached hydrogens (tertiary/aromatic N) is 2. The van der Waals surface area contributed by atoms with Gasteiger partial charge in [-0.25, -0.2) is 0 Å². The van der Waals surface area contributed by atoms with Gasteiger partial charge in [-0.3, -0.25) is 9.78 Å². The fourth-order valence-electron chi connectivity index (χ4n) is 1.89. The quantitative estimate of drug-likeness (QED) is 0.822. The Morgan fingerprint density at radius 3 is 2.78 bits per heavy atom. The molecule has 0 unspecified atom stereocenters. The molecule has 0 saturated carbocycles. The molecule has 0 radical (unpaired) electrons. The van der Waals surface area contributed by atoms with Crippen LogP contribution in [0.25, 0.3) is 0 Å². The lowest BCUT2D eigenvalue weighted by Gasteiger charge is -2.40. The molecule has 0 bridgehead atoms. The second kappa shape index (κ2) is 4.96. The number of ether oxygens (including phenoxy) is 1. The molecule has 4 nitrogen and oxygen atoms in total. The van der Waals surface area contributed by atoms with Crippen LogP contribution in [0.4, 0.5) is 0 Å². The molecule has 1 amide bonds. The smallest absolute Gasteiger partial charge is 0.223 e. The lowest BCUT2D eigenvalue weighted by atomic mass is 9.91. The summed E-state index contributed by atoms with van der Waals surface area (Å²) in [5.41, 5.74) is 0.0480. The predicted octanol–water partition coefficient (Wildman–Crippen LogP) is 2.11. The van der Waals surface area contributed by atoms with Gasteiger partial charge in [0.15, 0.2) is 0 Å². The number of rotatable bonds is 3. The summed E-state index contributed by atoms with van der Waals surface area (Å²) in [6.45, 7) is 7.60. The van der Waals surface area contributed by atoms with Crippen molar-refractivity contribution in [2.45, 2.75) is 33.3 Å². The highest BCUT2D eigenvalue weighted by atomic mass is 16.5. The first-order chi connectivity index (χ1) is 8.44. The molecule has 0 spiro atoms. The minimum absolute atomic E-state index is 0.0480. The Labute approximate surface area is 108 Å². The highest BCUT2D eigenvalue weighted by molar-refractivity contribution is 5.77. The third kappa shape index (κ3) is 3.45. The number of hydrogen-bond donors (Lipinski definition) is 0. The number of carbonyl (C=O) groups excluding carboxylic acids is 1. The highest BCUT2D eigenvalue weighted by Gasteiger charge is 2.33. The molecule has 1 fully saturated rings. The van der Waals surface area contributed by atoms with E-state index in [1.807, 2.05) is 17.0 Å². The summed E-state index contributed by atoms with van der Waals surface area (Å²) in [6, 6.07) is 3.73. The van der Waals surface area contributed by atoms with Crippen LogP contribution in [0.3, 0.4) is 0 Å². The van der Waals surface area contributed by atoms with E-state index in [9.17, 15) is 4.79 Å². The van der Waals surface area contributed by atoms with E-state index in [2.05, 4.69) is 25.8 Å². The Hall–Kier alpha value is -1.58. The van der Waals surface area contributed by atoms with Crippen molar-refractivity contribution in [2.24, 2.45) is 5.41 Å². The Balaban J connectivity index is 1.76. The minimum Gasteiger partial charge on any atom is -0.485 e. The molecular weight excluding hydrogens is 228 g/mol. The molecular formula is C14H20N2O2. The summed E-state index contributed by atoms with van der Waals surface area (Å²) < 4.78 is 5.70. The molecule has 98 valence electrons. The van der Waals surface area contributed by atoms with E-state index < -0.39 is 0 Å². The van der Waals surface area contributed by atoms with Crippen LogP contribution in [0.2, 0.25) is 0 Å². The average molecular weight is 248 g/mol. The largest absolute Gasteiger partial charge is 0.485 e. The van der Waals surface area contributed by atoms with Gasteiger partial charge in [0.25, 0.3) is 0 Å². The van der Waals surface area contributed by atoms with Crippen molar-refractivity contribution >= 4 is 5.91 Å². The second-order valence-corrected chi connectivity index (χ2v) is 5.96. The summed E-state index contributed by atoms with van der Waals surface area (Å²) in [6.07, 6.45) is 4.11. The summed E-state index contributed by atoms with van der Waals surface area (Å²) in [4.78, 5) is 17.7. The number of carbonyl (C=O) groups is 1. The normalized spacial score (nSPS) is 16.3. The van der Waals surface area contributed by atoms with Crippen molar-refractivity contribution in [1.82, 2.24) is 9.88 Å². The van der Waals surface area contributed by atoms with Gasteiger partial charge in [0.05, 0.1) is 19.3 Å². The Morgan fingerprint density at radius 2 is 2.22 bits per heavy atom. The third-order valence-electron chi connectivity index (χ3n) is 2.82. The zero-order valence-electron chi connectivity index (χ0n) is 11.2. The fourth-order valence-corrected chi connectivity index (χ4v) is 1.89. The summed E-state index contributed by atoms with van der Waals surface area (Å²) >= 11 is 0. The minimum atomic E-state index is 0.0480. The molecule has 2 rings (SSSR count). The fraction of sp³-hybridized carbons (Fsp3) is 0.571. The second-order valence-electron chi connectivity index (χ2n) is 5.96. The molecule has 2 heterocycles. The first kappa shape index (κ1) is 12.9. The van der Waals surface area contributed by atoms with E-state index in [-0.39, 0.29) is 17.4 Å². The van der Waals surface area contributed by atoms with Crippen LogP contribution < -0.4 is 4.74 Å². The van der Waals surface area contributed by atoms with Gasteiger partial charge < -0.3 is 9.64 Å². The zero-order chi connectivity index (χ0) is 13.2. The number of likely N-dealkylation sites (tertiary alicyclic amines) is 1. The monoisotopic (exact) mass is 248 g/mol. The van der Waals surface area contributed by atoms with Crippen LogP contribution >= 0.6 is 0 Å². The van der Waals surface area contributed by atoms with Gasteiger partial charge in [-0.2, -0.15) is 0 Å². The van der Waals surface area contributed by atoms with Gasteiger partial charge in [-0.1, -0.05) is 20.8 Å². The van der Waals surface area contributed by atoms with Crippen molar-refractivity contribution < 1.29 is 9.53 Å². The first-order valence-electron chi connectivity index (χ1n) is 6.28. The zero-order valence-corrected chi connectivity index (χ0v) is 11.2. The van der Waals surface area contributed by atoms with E-state index in [1.54, 1.807) is 12.4 Å². The van der Waals surface area contributed by atoms with Crippen LogP contribution in [0.1, 0.15) is 27.2 Å². The standard InChI is InChI=1S/C14H20N2O2/c1-14(2,3)7-13(17)16-9-12(10-16)18-11-5-4-6-15-8-11/h4-6,8,12H,7,9-10H2,1-3H3. The topological polar surface area (TPSA) is 42.4 Å². The SMILES string of the molecule is CC(C)(C)CC(=O)N1CC(Oc2cccnc2)C1. The van der Waals surface area contributed by atoms with Gasteiger partial charge in [0.1, 0.15) is 11.9 Å². The lowest BCUT2D eigenvalue weighted by molar-refractivity contribution is -0.141. The van der Waals surface area contributed by atoms with Crippen LogP contribution in [-0.2, 0) is 4.79 Å². The van der Waals surface area contributed by atoms with E-state index >= 15 is 0 Å². The van der Waals surface area contributed by atoms with Crippen LogP contribution in [-0.4, -0.2) is 35.0 Å². The predicted molar refractivity (Wildman–Crippen MR) is 69.3 cm³/mol. The van der Waals surface area contributed by atoms with E-state index in [4.69, 9.17) is 4.74 Å². The molecule has 1 aromatic rings. The summed E-state index contributed by atoms with van der Waals surface area (Å²) in [5.74, 6) is 0.985.